The quantitative estimate of drug-likeness (QED) is 0.392. The molecule has 2 N–H and O–H groups in total. The average Bonchev–Trinajstić information content (AvgIpc) is 3.05. The summed E-state index contributed by atoms with van der Waals surface area (Å²) in [7, 11) is 0. The molecule has 0 saturated carbocycles. The van der Waals surface area contributed by atoms with Crippen molar-refractivity contribution in [2.24, 2.45) is 4.99 Å². The Hall–Kier alpha value is -2.93. The fraction of sp³-hybridized carbons (Fsp3) is 0.261. The zero-order chi connectivity index (χ0) is 21.5. The predicted octanol–water partition coefficient (Wildman–Crippen LogP) is 5.07. The minimum atomic E-state index is -0.210. The van der Waals surface area contributed by atoms with E-state index in [9.17, 15) is 4.79 Å². The molecule has 0 aliphatic rings. The van der Waals surface area contributed by atoms with Crippen molar-refractivity contribution in [1.29, 1.82) is 0 Å². The lowest BCUT2D eigenvalue weighted by molar-refractivity contribution is 0.0977. The topological polar surface area (TPSA) is 71.3 Å². The van der Waals surface area contributed by atoms with Crippen LogP contribution in [0.25, 0.3) is 0 Å². The molecule has 0 aliphatic carbocycles. The Kier molecular flexibility index (Phi) is 7.41. The van der Waals surface area contributed by atoms with Crippen LogP contribution < -0.4 is 10.6 Å². The van der Waals surface area contributed by atoms with Gasteiger partial charge in [0.05, 0.1) is 12.2 Å². The van der Waals surface area contributed by atoms with Gasteiger partial charge in [0, 0.05) is 34.0 Å². The second-order valence-electron chi connectivity index (χ2n) is 7.13. The van der Waals surface area contributed by atoms with Gasteiger partial charge < -0.3 is 5.32 Å². The number of carbonyl (C=O) groups is 1. The number of hydrogen-bond donors (Lipinski definition) is 2. The summed E-state index contributed by atoms with van der Waals surface area (Å²) in [6.45, 7) is 7.35. The summed E-state index contributed by atoms with van der Waals surface area (Å²) in [4.78, 5) is 17.4. The number of carbonyl (C=O) groups excluding carboxylic acids is 1. The Labute approximate surface area is 185 Å². The third-order valence-electron chi connectivity index (χ3n) is 4.51. The van der Waals surface area contributed by atoms with Gasteiger partial charge in [0.25, 0.3) is 5.91 Å². The monoisotopic (exact) mass is 467 g/mol. The van der Waals surface area contributed by atoms with Crippen LogP contribution in [-0.4, -0.2) is 21.6 Å². The zero-order valence-electron chi connectivity index (χ0n) is 17.4. The van der Waals surface area contributed by atoms with Gasteiger partial charge in [-0.15, -0.1) is 0 Å². The molecule has 3 aromatic rings. The number of aromatic nitrogens is 2. The zero-order valence-corrected chi connectivity index (χ0v) is 19.0. The normalized spacial score (nSPS) is 11.4. The van der Waals surface area contributed by atoms with E-state index in [4.69, 9.17) is 0 Å². The molecule has 6 nitrogen and oxygen atoms in total. The van der Waals surface area contributed by atoms with Crippen molar-refractivity contribution in [1.82, 2.24) is 15.1 Å². The van der Waals surface area contributed by atoms with Crippen molar-refractivity contribution in [2.45, 2.75) is 40.3 Å². The van der Waals surface area contributed by atoms with Gasteiger partial charge in [-0.3, -0.25) is 14.8 Å². The van der Waals surface area contributed by atoms with Gasteiger partial charge in [-0.1, -0.05) is 46.6 Å². The van der Waals surface area contributed by atoms with Crippen LogP contribution in [0.5, 0.6) is 0 Å². The molecule has 0 unspecified atom stereocenters. The molecule has 0 fully saturated rings. The molecular weight excluding hydrogens is 442 g/mol. The number of guanidine groups is 1. The Morgan fingerprint density at radius 1 is 1.17 bits per heavy atom. The third-order valence-corrected chi connectivity index (χ3v) is 5.00. The lowest BCUT2D eigenvalue weighted by atomic mass is 10.1. The van der Waals surface area contributed by atoms with Crippen molar-refractivity contribution in [3.8, 4) is 0 Å². The molecule has 1 amide bonds. The van der Waals surface area contributed by atoms with Crippen LogP contribution in [0, 0.1) is 13.8 Å². The summed E-state index contributed by atoms with van der Waals surface area (Å²) in [5.74, 6) is 0.181. The summed E-state index contributed by atoms with van der Waals surface area (Å²) >= 11 is 3.47. The van der Waals surface area contributed by atoms with Crippen LogP contribution in [0.2, 0.25) is 0 Å². The molecule has 156 valence electrons. The van der Waals surface area contributed by atoms with Gasteiger partial charge in [-0.25, -0.2) is 4.99 Å². The molecule has 2 aromatic carbocycles. The van der Waals surface area contributed by atoms with Crippen LogP contribution in [-0.2, 0) is 13.1 Å². The highest BCUT2D eigenvalue weighted by atomic mass is 79.9. The summed E-state index contributed by atoms with van der Waals surface area (Å²) in [6.07, 6.45) is 3.04. The number of halogens is 1. The highest BCUT2D eigenvalue weighted by Gasteiger charge is 2.11. The Balaban J connectivity index is 1.82. The Bertz CT molecular complexity index is 1060. The lowest BCUT2D eigenvalue weighted by Crippen LogP contribution is -2.36. The van der Waals surface area contributed by atoms with Gasteiger partial charge in [0.15, 0.2) is 0 Å². The fourth-order valence-electron chi connectivity index (χ4n) is 3.00. The van der Waals surface area contributed by atoms with Gasteiger partial charge in [0.2, 0.25) is 5.96 Å². The number of benzene rings is 2. The molecule has 0 bridgehead atoms. The number of nitrogens with one attached hydrogen (secondary N) is 2. The smallest absolute Gasteiger partial charge is 0.257 e. The average molecular weight is 468 g/mol. The molecule has 3 rings (SSSR count). The molecule has 0 aliphatic heterocycles. The first-order valence-electron chi connectivity index (χ1n) is 9.92. The Morgan fingerprint density at radius 2 is 1.97 bits per heavy atom. The van der Waals surface area contributed by atoms with E-state index >= 15 is 0 Å². The second-order valence-corrected chi connectivity index (χ2v) is 8.04. The van der Waals surface area contributed by atoms with E-state index in [0.29, 0.717) is 18.1 Å². The molecule has 30 heavy (non-hydrogen) atoms. The van der Waals surface area contributed by atoms with E-state index in [2.05, 4.69) is 43.6 Å². The maximum absolute atomic E-state index is 12.8. The van der Waals surface area contributed by atoms with Crippen LogP contribution in [0.3, 0.4) is 0 Å². The molecule has 0 atom stereocenters. The van der Waals surface area contributed by atoms with E-state index in [0.717, 1.165) is 39.9 Å². The van der Waals surface area contributed by atoms with Crippen molar-refractivity contribution in [2.75, 3.05) is 5.32 Å². The molecule has 0 saturated heterocycles. The molecule has 7 heteroatoms. The maximum atomic E-state index is 12.8. The lowest BCUT2D eigenvalue weighted by Gasteiger charge is -2.12. The van der Waals surface area contributed by atoms with Gasteiger partial charge in [0.1, 0.15) is 0 Å². The fourth-order valence-corrected chi connectivity index (χ4v) is 3.40. The van der Waals surface area contributed by atoms with Crippen LogP contribution >= 0.6 is 15.9 Å². The van der Waals surface area contributed by atoms with E-state index in [1.165, 1.54) is 0 Å². The molecular formula is C23H26BrN5O. The number of nitrogens with zero attached hydrogens (tertiary/aromatic N) is 3. The standard InChI is InChI=1S/C23H26BrN5O/c1-4-11-29-15-19(17(3)28-29)14-25-23(26-21-10-6-9-20(24)13-21)27-22(30)18-8-5-7-16(2)12-18/h5-10,12-13,15H,4,11,14H2,1-3H3,(H2,25,26,27,30). The summed E-state index contributed by atoms with van der Waals surface area (Å²) in [5, 5.41) is 10.7. The highest BCUT2D eigenvalue weighted by molar-refractivity contribution is 9.10. The number of anilines is 1. The summed E-state index contributed by atoms with van der Waals surface area (Å²) < 4.78 is 2.88. The van der Waals surface area contributed by atoms with Crippen molar-refractivity contribution >= 4 is 33.5 Å². The van der Waals surface area contributed by atoms with Crippen molar-refractivity contribution in [3.05, 3.63) is 81.6 Å². The van der Waals surface area contributed by atoms with E-state index in [1.54, 1.807) is 6.07 Å². The first kappa shape index (κ1) is 21.8. The van der Waals surface area contributed by atoms with Crippen molar-refractivity contribution in [3.63, 3.8) is 0 Å². The van der Waals surface area contributed by atoms with Crippen molar-refractivity contribution < 1.29 is 4.79 Å². The number of hydrogen-bond acceptors (Lipinski definition) is 3. The number of rotatable bonds is 6. The Morgan fingerprint density at radius 3 is 2.70 bits per heavy atom. The minimum absolute atomic E-state index is 0.210. The SMILES string of the molecule is CCCn1cc(CN=C(NC(=O)c2cccc(C)c2)Nc2cccc(Br)c2)c(C)n1. The molecule has 1 heterocycles. The van der Waals surface area contributed by atoms with E-state index in [-0.39, 0.29) is 5.91 Å². The van der Waals surface area contributed by atoms with Crippen LogP contribution in [0.4, 0.5) is 5.69 Å². The molecule has 1 aromatic heterocycles. The molecule has 0 spiro atoms. The van der Waals surface area contributed by atoms with Crippen LogP contribution in [0.15, 0.2) is 64.2 Å². The third kappa shape index (κ3) is 6.03. The maximum Gasteiger partial charge on any atom is 0.257 e. The van der Waals surface area contributed by atoms with Gasteiger partial charge in [-0.2, -0.15) is 5.10 Å². The van der Waals surface area contributed by atoms with Gasteiger partial charge >= 0.3 is 0 Å². The summed E-state index contributed by atoms with van der Waals surface area (Å²) in [6, 6.07) is 15.2. The van der Waals surface area contributed by atoms with Crippen LogP contribution in [0.1, 0.15) is 40.5 Å². The number of aryl methyl sites for hydroxylation is 3. The number of aliphatic imine (C=N–C) groups is 1. The second kappa shape index (κ2) is 10.2. The summed E-state index contributed by atoms with van der Waals surface area (Å²) in [5.41, 5.74) is 4.41. The number of amides is 1. The minimum Gasteiger partial charge on any atom is -0.326 e. The largest absolute Gasteiger partial charge is 0.326 e. The highest BCUT2D eigenvalue weighted by Crippen LogP contribution is 2.16. The van der Waals surface area contributed by atoms with Gasteiger partial charge in [-0.05, 0) is 50.6 Å². The molecule has 0 radical (unpaired) electrons. The first-order valence-corrected chi connectivity index (χ1v) is 10.7. The first-order chi connectivity index (χ1) is 14.4. The van der Waals surface area contributed by atoms with E-state index < -0.39 is 0 Å². The van der Waals surface area contributed by atoms with E-state index in [1.807, 2.05) is 67.2 Å². The predicted molar refractivity (Wildman–Crippen MR) is 125 cm³/mol.